The van der Waals surface area contributed by atoms with E-state index >= 15 is 0 Å². The van der Waals surface area contributed by atoms with Crippen LogP contribution in [0.25, 0.3) is 0 Å². The molecule has 0 N–H and O–H groups in total. The van der Waals surface area contributed by atoms with Crippen molar-refractivity contribution >= 4 is 23.1 Å². The zero-order valence-electron chi connectivity index (χ0n) is 14.2. The third-order valence-electron chi connectivity index (χ3n) is 4.07. The van der Waals surface area contributed by atoms with Crippen molar-refractivity contribution in [3.05, 3.63) is 34.4 Å². The van der Waals surface area contributed by atoms with E-state index in [1.165, 1.54) is 11.3 Å². The van der Waals surface area contributed by atoms with E-state index in [0.29, 0.717) is 13.1 Å². The lowest BCUT2D eigenvalue weighted by atomic mass is 10.3. The number of aromatic nitrogens is 2. The molecule has 1 aliphatic heterocycles. The molecule has 1 atom stereocenters. The molecule has 1 amide bonds. The van der Waals surface area contributed by atoms with E-state index in [1.54, 1.807) is 11.7 Å². The minimum Gasteiger partial charge on any atom is -0.485 e. The summed E-state index contributed by atoms with van der Waals surface area (Å²) < 4.78 is 6.11. The Balaban J connectivity index is 1.67. The molecule has 7 heteroatoms. The number of hydrogen-bond acceptors (Lipinski definition) is 6. The fourth-order valence-electron chi connectivity index (χ4n) is 2.84. The summed E-state index contributed by atoms with van der Waals surface area (Å²) in [5.74, 6) is 1.63. The Morgan fingerprint density at radius 3 is 3.04 bits per heavy atom. The van der Waals surface area contributed by atoms with Gasteiger partial charge in [-0.25, -0.2) is 9.97 Å². The summed E-state index contributed by atoms with van der Waals surface area (Å²) >= 11 is 1.42. The molecule has 24 heavy (non-hydrogen) atoms. The van der Waals surface area contributed by atoms with Gasteiger partial charge in [-0.05, 0) is 18.6 Å². The average Bonchev–Trinajstić information content (AvgIpc) is 3.23. The fourth-order valence-corrected chi connectivity index (χ4v) is 3.69. The normalized spacial score (nSPS) is 17.1. The van der Waals surface area contributed by atoms with Crippen LogP contribution in [-0.2, 0) is 6.42 Å². The van der Waals surface area contributed by atoms with Crippen LogP contribution in [0.2, 0.25) is 0 Å². The maximum absolute atomic E-state index is 12.7. The third kappa shape index (κ3) is 3.36. The molecule has 0 radical (unpaired) electrons. The van der Waals surface area contributed by atoms with Gasteiger partial charge in [-0.2, -0.15) is 0 Å². The molecule has 0 saturated carbocycles. The highest BCUT2D eigenvalue weighted by atomic mass is 32.1. The lowest BCUT2D eigenvalue weighted by Gasteiger charge is -2.20. The Hall–Kier alpha value is -2.15. The third-order valence-corrected chi connectivity index (χ3v) is 4.93. The Morgan fingerprint density at radius 1 is 1.46 bits per heavy atom. The van der Waals surface area contributed by atoms with E-state index < -0.39 is 0 Å². The van der Waals surface area contributed by atoms with Crippen molar-refractivity contribution in [1.29, 1.82) is 0 Å². The zero-order valence-corrected chi connectivity index (χ0v) is 15.0. The number of ether oxygens (including phenoxy) is 1. The van der Waals surface area contributed by atoms with Gasteiger partial charge in [0.1, 0.15) is 11.0 Å². The van der Waals surface area contributed by atoms with Crippen molar-refractivity contribution in [2.24, 2.45) is 0 Å². The van der Waals surface area contributed by atoms with Crippen molar-refractivity contribution in [3.8, 4) is 5.75 Å². The van der Waals surface area contributed by atoms with E-state index in [1.807, 2.05) is 43.0 Å². The van der Waals surface area contributed by atoms with E-state index in [9.17, 15) is 4.79 Å². The summed E-state index contributed by atoms with van der Waals surface area (Å²) in [5, 5.41) is 0. The lowest BCUT2D eigenvalue weighted by Crippen LogP contribution is -2.31. The number of hydrogen-bond donors (Lipinski definition) is 0. The second-order valence-electron chi connectivity index (χ2n) is 5.98. The number of carbonyl (C=O) groups is 1. The lowest BCUT2D eigenvalue weighted by molar-refractivity contribution is 0.0776. The number of aryl methyl sites for hydroxylation is 1. The van der Waals surface area contributed by atoms with Crippen molar-refractivity contribution < 1.29 is 9.53 Å². The minimum absolute atomic E-state index is 0.00477. The van der Waals surface area contributed by atoms with Gasteiger partial charge in [-0.3, -0.25) is 4.79 Å². The molecular weight excluding hydrogens is 324 g/mol. The summed E-state index contributed by atoms with van der Waals surface area (Å²) in [5.41, 5.74) is 2.63. The Kier molecular flexibility index (Phi) is 4.99. The van der Waals surface area contributed by atoms with Crippen LogP contribution in [0.15, 0.2) is 23.8 Å². The number of pyridine rings is 1. The largest absolute Gasteiger partial charge is 0.485 e. The maximum atomic E-state index is 12.7. The van der Waals surface area contributed by atoms with E-state index in [-0.39, 0.29) is 12.0 Å². The van der Waals surface area contributed by atoms with Crippen LogP contribution in [0, 0.1) is 0 Å². The monoisotopic (exact) mass is 346 g/mol. The summed E-state index contributed by atoms with van der Waals surface area (Å²) in [7, 11) is 3.88. The molecule has 0 aliphatic carbocycles. The standard InChI is InChI=1S/C17H22N4O2S/c1-4-13-15(24-11-19-13)17(22)21-9-7-12(10-21)23-14-6-5-8-18-16(14)20(2)3/h5-6,8,11-12H,4,7,9-10H2,1-3H3. The van der Waals surface area contributed by atoms with Gasteiger partial charge < -0.3 is 14.5 Å². The number of anilines is 1. The zero-order chi connectivity index (χ0) is 17.1. The Morgan fingerprint density at radius 2 is 2.29 bits per heavy atom. The fraction of sp³-hybridized carbons (Fsp3) is 0.471. The van der Waals surface area contributed by atoms with Gasteiger partial charge in [0, 0.05) is 33.3 Å². The van der Waals surface area contributed by atoms with E-state index in [0.717, 1.165) is 35.0 Å². The van der Waals surface area contributed by atoms with Gasteiger partial charge in [-0.15, -0.1) is 11.3 Å². The summed E-state index contributed by atoms with van der Waals surface area (Å²) in [6.45, 7) is 3.33. The molecule has 0 aromatic carbocycles. The number of likely N-dealkylation sites (tertiary alicyclic amines) is 1. The predicted molar refractivity (Wildman–Crippen MR) is 95.0 cm³/mol. The van der Waals surface area contributed by atoms with Crippen LogP contribution in [0.5, 0.6) is 5.75 Å². The SMILES string of the molecule is CCc1ncsc1C(=O)N1CCC(Oc2cccnc2N(C)C)C1. The van der Waals surface area contributed by atoms with Crippen molar-refractivity contribution in [2.75, 3.05) is 32.1 Å². The quantitative estimate of drug-likeness (QED) is 0.832. The van der Waals surface area contributed by atoms with Crippen LogP contribution < -0.4 is 9.64 Å². The van der Waals surface area contributed by atoms with Crippen LogP contribution in [0.3, 0.4) is 0 Å². The minimum atomic E-state index is -0.00477. The molecule has 6 nitrogen and oxygen atoms in total. The molecule has 2 aromatic rings. The van der Waals surface area contributed by atoms with Gasteiger partial charge in [0.2, 0.25) is 0 Å². The van der Waals surface area contributed by atoms with Gasteiger partial charge in [-0.1, -0.05) is 6.92 Å². The highest BCUT2D eigenvalue weighted by Gasteiger charge is 2.30. The molecule has 128 valence electrons. The molecule has 0 spiro atoms. The molecule has 1 saturated heterocycles. The van der Waals surface area contributed by atoms with Gasteiger partial charge in [0.05, 0.1) is 17.7 Å². The number of amides is 1. The first-order valence-electron chi connectivity index (χ1n) is 8.10. The molecule has 1 unspecified atom stereocenters. The molecule has 3 heterocycles. The molecular formula is C17H22N4O2S. The summed E-state index contributed by atoms with van der Waals surface area (Å²) in [6, 6.07) is 3.79. The number of carbonyl (C=O) groups excluding carboxylic acids is 1. The smallest absolute Gasteiger partial charge is 0.265 e. The van der Waals surface area contributed by atoms with Crippen molar-refractivity contribution in [3.63, 3.8) is 0 Å². The Labute approximate surface area is 146 Å². The van der Waals surface area contributed by atoms with E-state index in [2.05, 4.69) is 9.97 Å². The molecule has 0 bridgehead atoms. The summed E-state index contributed by atoms with van der Waals surface area (Å²) in [6.07, 6.45) is 3.35. The summed E-state index contributed by atoms with van der Waals surface area (Å²) in [4.78, 5) is 25.9. The van der Waals surface area contributed by atoms with Gasteiger partial charge in [0.25, 0.3) is 5.91 Å². The van der Waals surface area contributed by atoms with Gasteiger partial charge >= 0.3 is 0 Å². The Bertz CT molecular complexity index is 716. The number of nitrogens with zero attached hydrogens (tertiary/aromatic N) is 4. The maximum Gasteiger partial charge on any atom is 0.265 e. The topological polar surface area (TPSA) is 58.6 Å². The molecule has 1 aliphatic rings. The van der Waals surface area contributed by atoms with Crippen LogP contribution in [0.4, 0.5) is 5.82 Å². The second-order valence-corrected chi connectivity index (χ2v) is 6.84. The van der Waals surface area contributed by atoms with Crippen LogP contribution >= 0.6 is 11.3 Å². The molecule has 2 aromatic heterocycles. The average molecular weight is 346 g/mol. The first-order valence-corrected chi connectivity index (χ1v) is 8.98. The second kappa shape index (κ2) is 7.17. The van der Waals surface area contributed by atoms with Gasteiger partial charge in [0.15, 0.2) is 11.6 Å². The predicted octanol–water partition coefficient (Wildman–Crippen LogP) is 2.46. The van der Waals surface area contributed by atoms with Crippen LogP contribution in [-0.4, -0.2) is 54.1 Å². The number of thiazole rings is 1. The van der Waals surface area contributed by atoms with Crippen molar-refractivity contribution in [2.45, 2.75) is 25.9 Å². The van der Waals surface area contributed by atoms with Crippen molar-refractivity contribution in [1.82, 2.24) is 14.9 Å². The highest BCUT2D eigenvalue weighted by molar-refractivity contribution is 7.11. The highest BCUT2D eigenvalue weighted by Crippen LogP contribution is 2.27. The molecule has 3 rings (SSSR count). The number of rotatable bonds is 5. The van der Waals surface area contributed by atoms with Crippen LogP contribution in [0.1, 0.15) is 28.7 Å². The first kappa shape index (κ1) is 16.7. The van der Waals surface area contributed by atoms with E-state index in [4.69, 9.17) is 4.74 Å². The molecule has 1 fully saturated rings. The first-order chi connectivity index (χ1) is 11.6.